The Hall–Kier alpha value is -2.10. The zero-order valence-corrected chi connectivity index (χ0v) is 9.15. The summed E-state index contributed by atoms with van der Waals surface area (Å²) in [6.45, 7) is 1.51. The predicted molar refractivity (Wildman–Crippen MR) is 61.5 cm³/mol. The van der Waals surface area contributed by atoms with Crippen molar-refractivity contribution in [2.45, 2.75) is 6.92 Å². The summed E-state index contributed by atoms with van der Waals surface area (Å²) in [5.74, 6) is -0.0136. The number of carbonyl (C=O) groups excluding carboxylic acids is 1. The fourth-order valence-electron chi connectivity index (χ4n) is 1.65. The summed E-state index contributed by atoms with van der Waals surface area (Å²) in [4.78, 5) is 22.8. The molecule has 0 saturated carbocycles. The lowest BCUT2D eigenvalue weighted by Crippen LogP contribution is -2.09. The molecule has 0 aliphatic carbocycles. The van der Waals surface area contributed by atoms with Gasteiger partial charge in [-0.05, 0) is 6.92 Å². The van der Waals surface area contributed by atoms with E-state index in [2.05, 4.69) is 5.10 Å². The van der Waals surface area contributed by atoms with Gasteiger partial charge in [0.15, 0.2) is 5.78 Å². The number of carbonyl (C=O) groups is 1. The summed E-state index contributed by atoms with van der Waals surface area (Å²) in [6.07, 6.45) is 0. The van der Waals surface area contributed by atoms with E-state index in [0.29, 0.717) is 11.3 Å². The minimum atomic E-state index is -0.117. The molecule has 1 N–H and O–H groups in total. The number of benzene rings is 1. The molecule has 0 amide bonds. The smallest absolute Gasteiger partial charge is 0.266 e. The fraction of sp³-hybridized carbons (Fsp3) is 0.167. The topological polar surface area (TPSA) is 54.9 Å². The second-order valence-electron chi connectivity index (χ2n) is 3.67. The van der Waals surface area contributed by atoms with Crippen molar-refractivity contribution in [3.05, 3.63) is 46.2 Å². The average Bonchev–Trinajstić information content (AvgIpc) is 2.59. The third-order valence-corrected chi connectivity index (χ3v) is 2.48. The van der Waals surface area contributed by atoms with Crippen molar-refractivity contribution in [1.82, 2.24) is 9.78 Å². The molecule has 0 saturated heterocycles. The first-order valence-electron chi connectivity index (χ1n) is 4.96. The molecule has 4 nitrogen and oxygen atoms in total. The van der Waals surface area contributed by atoms with Gasteiger partial charge < -0.3 is 0 Å². The molecule has 1 heterocycles. The molecule has 16 heavy (non-hydrogen) atoms. The molecular formula is C12H12N2O2. The molecule has 0 atom stereocenters. The first-order chi connectivity index (χ1) is 7.59. The van der Waals surface area contributed by atoms with Crippen LogP contribution in [0, 0.1) is 0 Å². The van der Waals surface area contributed by atoms with Gasteiger partial charge in [0.25, 0.3) is 5.56 Å². The van der Waals surface area contributed by atoms with Crippen LogP contribution in [0.5, 0.6) is 0 Å². The SMILES string of the molecule is CC(=O)c1ccccc1-c1cc(=O)n(C)[nH]1. The molecule has 2 rings (SSSR count). The first kappa shape index (κ1) is 10.4. The van der Waals surface area contributed by atoms with Crippen LogP contribution in [0.15, 0.2) is 35.1 Å². The third-order valence-electron chi connectivity index (χ3n) is 2.48. The zero-order valence-electron chi connectivity index (χ0n) is 9.15. The fourth-order valence-corrected chi connectivity index (χ4v) is 1.65. The van der Waals surface area contributed by atoms with E-state index in [1.54, 1.807) is 19.2 Å². The van der Waals surface area contributed by atoms with Crippen LogP contribution in [0.25, 0.3) is 11.3 Å². The Morgan fingerprint density at radius 2 is 2.00 bits per heavy atom. The lowest BCUT2D eigenvalue weighted by atomic mass is 10.0. The van der Waals surface area contributed by atoms with Crippen molar-refractivity contribution in [2.24, 2.45) is 7.05 Å². The van der Waals surface area contributed by atoms with E-state index >= 15 is 0 Å². The minimum Gasteiger partial charge on any atom is -0.295 e. The van der Waals surface area contributed by atoms with E-state index in [1.165, 1.54) is 17.7 Å². The lowest BCUT2D eigenvalue weighted by Gasteiger charge is -2.03. The van der Waals surface area contributed by atoms with E-state index in [-0.39, 0.29) is 11.3 Å². The van der Waals surface area contributed by atoms with Gasteiger partial charge in [0.1, 0.15) is 0 Å². The largest absolute Gasteiger partial charge is 0.295 e. The summed E-state index contributed by atoms with van der Waals surface area (Å²) in [5, 5.41) is 2.91. The predicted octanol–water partition coefficient (Wildman–Crippen LogP) is 1.58. The maximum absolute atomic E-state index is 11.4. The van der Waals surface area contributed by atoms with Gasteiger partial charge in [-0.25, -0.2) is 0 Å². The molecule has 1 aromatic carbocycles. The van der Waals surface area contributed by atoms with E-state index < -0.39 is 0 Å². The number of aromatic amines is 1. The Balaban J connectivity index is 2.64. The number of aromatic nitrogens is 2. The van der Waals surface area contributed by atoms with Crippen LogP contribution in [0.3, 0.4) is 0 Å². The van der Waals surface area contributed by atoms with Gasteiger partial charge in [-0.1, -0.05) is 24.3 Å². The number of aryl methyl sites for hydroxylation is 1. The Morgan fingerprint density at radius 1 is 1.31 bits per heavy atom. The maximum atomic E-state index is 11.4. The average molecular weight is 216 g/mol. The molecule has 0 aliphatic rings. The highest BCUT2D eigenvalue weighted by atomic mass is 16.1. The van der Waals surface area contributed by atoms with Crippen molar-refractivity contribution in [3.8, 4) is 11.3 Å². The van der Waals surface area contributed by atoms with E-state index in [1.807, 2.05) is 12.1 Å². The van der Waals surface area contributed by atoms with Crippen molar-refractivity contribution < 1.29 is 4.79 Å². The summed E-state index contributed by atoms with van der Waals surface area (Å²) < 4.78 is 1.38. The van der Waals surface area contributed by atoms with Gasteiger partial charge in [0.2, 0.25) is 0 Å². The van der Waals surface area contributed by atoms with E-state index in [4.69, 9.17) is 0 Å². The number of rotatable bonds is 2. The second kappa shape index (κ2) is 3.81. The third kappa shape index (κ3) is 1.69. The summed E-state index contributed by atoms with van der Waals surface area (Å²) in [6, 6.07) is 8.71. The number of H-pyrrole nitrogens is 1. The molecule has 4 heteroatoms. The monoisotopic (exact) mass is 216 g/mol. The molecule has 1 aromatic heterocycles. The molecular weight excluding hydrogens is 204 g/mol. The number of nitrogens with zero attached hydrogens (tertiary/aromatic N) is 1. The molecule has 0 unspecified atom stereocenters. The van der Waals surface area contributed by atoms with Crippen molar-refractivity contribution in [3.63, 3.8) is 0 Å². The van der Waals surface area contributed by atoms with Gasteiger partial charge in [-0.3, -0.25) is 19.4 Å². The van der Waals surface area contributed by atoms with Crippen LogP contribution in [0.2, 0.25) is 0 Å². The van der Waals surface area contributed by atoms with Gasteiger partial charge in [-0.2, -0.15) is 0 Å². The van der Waals surface area contributed by atoms with E-state index in [0.717, 1.165) is 5.56 Å². The second-order valence-corrected chi connectivity index (χ2v) is 3.67. The van der Waals surface area contributed by atoms with Crippen LogP contribution < -0.4 is 5.56 Å². The van der Waals surface area contributed by atoms with Crippen molar-refractivity contribution in [1.29, 1.82) is 0 Å². The minimum absolute atomic E-state index is 0.0136. The first-order valence-corrected chi connectivity index (χ1v) is 4.96. The number of nitrogens with one attached hydrogen (secondary N) is 1. The molecule has 82 valence electrons. The molecule has 0 aliphatic heterocycles. The number of Topliss-reactive ketones (excluding diaryl/α,β-unsaturated/α-hetero) is 1. The van der Waals surface area contributed by atoms with Crippen LogP contribution in [0.1, 0.15) is 17.3 Å². The van der Waals surface area contributed by atoms with Gasteiger partial charge in [-0.15, -0.1) is 0 Å². The zero-order chi connectivity index (χ0) is 11.7. The van der Waals surface area contributed by atoms with E-state index in [9.17, 15) is 9.59 Å². The quantitative estimate of drug-likeness (QED) is 0.775. The summed E-state index contributed by atoms with van der Waals surface area (Å²) >= 11 is 0. The molecule has 0 spiro atoms. The van der Waals surface area contributed by atoms with Gasteiger partial charge in [0, 0.05) is 24.2 Å². The summed E-state index contributed by atoms with van der Waals surface area (Å²) in [7, 11) is 1.64. The van der Waals surface area contributed by atoms with Crippen molar-refractivity contribution >= 4 is 5.78 Å². The van der Waals surface area contributed by atoms with Gasteiger partial charge >= 0.3 is 0 Å². The van der Waals surface area contributed by atoms with Crippen LogP contribution in [-0.4, -0.2) is 15.6 Å². The van der Waals surface area contributed by atoms with Crippen molar-refractivity contribution in [2.75, 3.05) is 0 Å². The Kier molecular flexibility index (Phi) is 2.48. The maximum Gasteiger partial charge on any atom is 0.266 e. The van der Waals surface area contributed by atoms with Crippen LogP contribution in [-0.2, 0) is 7.05 Å². The molecule has 0 radical (unpaired) electrons. The van der Waals surface area contributed by atoms with Crippen LogP contribution in [0.4, 0.5) is 0 Å². The molecule has 0 bridgehead atoms. The normalized spacial score (nSPS) is 10.4. The standard InChI is InChI=1S/C12H12N2O2/c1-8(15)9-5-3-4-6-10(9)11-7-12(16)14(2)13-11/h3-7,13H,1-2H3. The molecule has 0 fully saturated rings. The Labute approximate surface area is 92.5 Å². The highest BCUT2D eigenvalue weighted by Crippen LogP contribution is 2.20. The Morgan fingerprint density at radius 3 is 2.56 bits per heavy atom. The highest BCUT2D eigenvalue weighted by molar-refractivity contribution is 6.00. The molecule has 2 aromatic rings. The van der Waals surface area contributed by atoms with Gasteiger partial charge in [0.05, 0.1) is 5.69 Å². The number of hydrogen-bond donors (Lipinski definition) is 1. The summed E-state index contributed by atoms with van der Waals surface area (Å²) in [5.41, 5.74) is 1.92. The van der Waals surface area contributed by atoms with Crippen LogP contribution >= 0.6 is 0 Å². The lowest BCUT2D eigenvalue weighted by molar-refractivity contribution is 0.101. The number of ketones is 1. The highest BCUT2D eigenvalue weighted by Gasteiger charge is 2.10. The number of hydrogen-bond acceptors (Lipinski definition) is 2. The Bertz CT molecular complexity index is 593.